The molecular formula is C19H25IN2O3. The van der Waals surface area contributed by atoms with Gasteiger partial charge in [0, 0.05) is 11.8 Å². The summed E-state index contributed by atoms with van der Waals surface area (Å²) >= 11 is 0. The number of quaternary nitrogens is 1. The zero-order chi connectivity index (χ0) is 17.6. The van der Waals surface area contributed by atoms with E-state index in [0.717, 1.165) is 29.0 Å². The van der Waals surface area contributed by atoms with Crippen molar-refractivity contribution in [3.05, 3.63) is 48.5 Å². The molecule has 1 N–H and O–H groups in total. The summed E-state index contributed by atoms with van der Waals surface area (Å²) in [7, 11) is 3.76. The molecule has 136 valence electrons. The molecular weight excluding hydrogens is 431 g/mol. The second kappa shape index (κ2) is 9.62. The number of amides is 1. The molecule has 1 amide bonds. The molecule has 0 heterocycles. The lowest BCUT2D eigenvalue weighted by Crippen LogP contribution is -3.00. The smallest absolute Gasteiger partial charge is 0.417 e. The van der Waals surface area contributed by atoms with Gasteiger partial charge in [-0.15, -0.1) is 0 Å². The minimum Gasteiger partial charge on any atom is -1.00 e. The highest BCUT2D eigenvalue weighted by Gasteiger charge is 2.21. The van der Waals surface area contributed by atoms with Gasteiger partial charge in [-0.2, -0.15) is 0 Å². The van der Waals surface area contributed by atoms with Crippen LogP contribution in [0.2, 0.25) is 0 Å². The maximum absolute atomic E-state index is 12.1. The van der Waals surface area contributed by atoms with Crippen LogP contribution in [-0.2, 0) is 0 Å². The Morgan fingerprint density at radius 3 is 2.24 bits per heavy atom. The van der Waals surface area contributed by atoms with Gasteiger partial charge < -0.3 is 33.5 Å². The predicted octanol–water partition coefficient (Wildman–Crippen LogP) is 1.29. The van der Waals surface area contributed by atoms with Gasteiger partial charge in [0.1, 0.15) is 17.2 Å². The molecule has 0 radical (unpaired) electrons. The van der Waals surface area contributed by atoms with Crippen molar-refractivity contribution in [1.29, 1.82) is 0 Å². The van der Waals surface area contributed by atoms with Crippen LogP contribution in [0.15, 0.2) is 48.5 Å². The lowest BCUT2D eigenvalue weighted by Gasteiger charge is -2.31. The minimum absolute atomic E-state index is 0. The molecule has 0 bridgehead atoms. The van der Waals surface area contributed by atoms with Crippen molar-refractivity contribution < 1.29 is 38.2 Å². The van der Waals surface area contributed by atoms with E-state index in [1.807, 2.05) is 12.1 Å². The van der Waals surface area contributed by atoms with Crippen LogP contribution < -0.4 is 43.3 Å². The van der Waals surface area contributed by atoms with Gasteiger partial charge in [-0.25, -0.2) is 4.79 Å². The third-order valence-electron chi connectivity index (χ3n) is 4.38. The van der Waals surface area contributed by atoms with Crippen LogP contribution in [0.3, 0.4) is 0 Å². The third kappa shape index (κ3) is 5.61. The number of rotatable bonds is 6. The molecule has 2 aromatic carbocycles. The van der Waals surface area contributed by atoms with E-state index in [1.165, 1.54) is 0 Å². The van der Waals surface area contributed by atoms with Gasteiger partial charge in [0.25, 0.3) is 0 Å². The number of benzene rings is 2. The predicted molar refractivity (Wildman–Crippen MR) is 97.9 cm³/mol. The fourth-order valence-electron chi connectivity index (χ4n) is 2.40. The summed E-state index contributed by atoms with van der Waals surface area (Å²) in [6.45, 7) is 6.23. The molecule has 0 aliphatic rings. The number of anilines is 1. The first-order chi connectivity index (χ1) is 11.5. The average Bonchev–Trinajstić information content (AvgIpc) is 2.61. The lowest BCUT2D eigenvalue weighted by molar-refractivity contribution is -0.00000997. The molecule has 5 nitrogen and oxygen atoms in total. The molecule has 0 spiro atoms. The Morgan fingerprint density at radius 1 is 1.04 bits per heavy atom. The van der Waals surface area contributed by atoms with Crippen molar-refractivity contribution in [2.24, 2.45) is 0 Å². The first-order valence-electron chi connectivity index (χ1n) is 8.08. The number of carbonyl (C=O) groups is 1. The Morgan fingerprint density at radius 2 is 1.68 bits per heavy atom. The summed E-state index contributed by atoms with van der Waals surface area (Å²) in [6.07, 6.45) is -0.514. The summed E-state index contributed by atoms with van der Waals surface area (Å²) in [4.78, 5) is 12.1. The summed E-state index contributed by atoms with van der Waals surface area (Å²) in [5.74, 6) is 1.27. The molecule has 0 unspecified atom stereocenters. The topological polar surface area (TPSA) is 47.6 Å². The fraction of sp³-hybridized carbons (Fsp3) is 0.316. The maximum atomic E-state index is 12.1. The van der Waals surface area contributed by atoms with Crippen molar-refractivity contribution in [2.45, 2.75) is 13.8 Å². The molecule has 0 atom stereocenters. The second-order valence-electron chi connectivity index (χ2n) is 5.77. The number of carbonyl (C=O) groups excluding carboxylic acids is 1. The van der Waals surface area contributed by atoms with Gasteiger partial charge in [-0.05, 0) is 50.2 Å². The van der Waals surface area contributed by atoms with Gasteiger partial charge >= 0.3 is 6.09 Å². The average molecular weight is 456 g/mol. The lowest BCUT2D eigenvalue weighted by atomic mass is 10.2. The number of halogens is 1. The summed E-state index contributed by atoms with van der Waals surface area (Å²) in [5, 5.41) is 2.71. The van der Waals surface area contributed by atoms with Crippen LogP contribution in [0.5, 0.6) is 11.5 Å². The molecule has 0 fully saturated rings. The SMILES string of the molecule is CC[N+](C)(CC)c1cccc(OC(=O)Nc2ccc(OC)cc2)c1.[I-]. The van der Waals surface area contributed by atoms with Crippen LogP contribution in [0.25, 0.3) is 0 Å². The molecule has 0 saturated heterocycles. The molecule has 6 heteroatoms. The Bertz CT molecular complexity index is 685. The fourth-order valence-corrected chi connectivity index (χ4v) is 2.40. The maximum Gasteiger partial charge on any atom is 0.417 e. The van der Waals surface area contributed by atoms with Crippen LogP contribution in [0, 0.1) is 0 Å². The van der Waals surface area contributed by atoms with Crippen molar-refractivity contribution in [3.63, 3.8) is 0 Å². The van der Waals surface area contributed by atoms with E-state index < -0.39 is 6.09 Å². The van der Waals surface area contributed by atoms with Crippen LogP contribution in [0.1, 0.15) is 13.8 Å². The number of ether oxygens (including phenoxy) is 2. The van der Waals surface area contributed by atoms with Crippen LogP contribution in [-0.4, -0.2) is 33.3 Å². The summed E-state index contributed by atoms with van der Waals surface area (Å²) < 4.78 is 11.3. The monoisotopic (exact) mass is 456 g/mol. The molecule has 0 saturated carbocycles. The molecule has 2 rings (SSSR count). The van der Waals surface area contributed by atoms with E-state index in [0.29, 0.717) is 11.4 Å². The van der Waals surface area contributed by atoms with Gasteiger partial charge in [0.05, 0.1) is 27.2 Å². The number of nitrogens with zero attached hydrogens (tertiary/aromatic N) is 1. The van der Waals surface area contributed by atoms with Gasteiger partial charge in [0.2, 0.25) is 0 Å². The van der Waals surface area contributed by atoms with Crippen LogP contribution in [0.4, 0.5) is 16.2 Å². The highest BCUT2D eigenvalue weighted by atomic mass is 127. The molecule has 0 aromatic heterocycles. The van der Waals surface area contributed by atoms with Crippen molar-refractivity contribution in [2.75, 3.05) is 32.6 Å². The first kappa shape index (κ1) is 21.2. The van der Waals surface area contributed by atoms with Gasteiger partial charge in [0.15, 0.2) is 0 Å². The van der Waals surface area contributed by atoms with E-state index in [9.17, 15) is 4.79 Å². The van der Waals surface area contributed by atoms with Crippen molar-refractivity contribution in [3.8, 4) is 11.5 Å². The Balaban J connectivity index is 0.00000312. The van der Waals surface area contributed by atoms with E-state index in [4.69, 9.17) is 9.47 Å². The van der Waals surface area contributed by atoms with E-state index in [1.54, 1.807) is 37.4 Å². The molecule has 0 aliphatic carbocycles. The number of hydrogen-bond acceptors (Lipinski definition) is 3. The highest BCUT2D eigenvalue weighted by Crippen LogP contribution is 2.26. The van der Waals surface area contributed by atoms with Gasteiger partial charge in [-0.1, -0.05) is 6.07 Å². The quantitative estimate of drug-likeness (QED) is 0.527. The number of hydrogen-bond donors (Lipinski definition) is 1. The number of methoxy groups -OCH3 is 1. The standard InChI is InChI=1S/C19H24N2O3.HI/c1-5-21(3,6-2)16-8-7-9-18(14-16)24-19(22)20-15-10-12-17(23-4)13-11-15;/h7-14H,5-6H2,1-4H3;1H. The van der Waals surface area contributed by atoms with E-state index >= 15 is 0 Å². The first-order valence-corrected chi connectivity index (χ1v) is 8.08. The van der Waals surface area contributed by atoms with E-state index in [2.05, 4.69) is 32.3 Å². The van der Waals surface area contributed by atoms with Crippen molar-refractivity contribution in [1.82, 2.24) is 4.48 Å². The second-order valence-corrected chi connectivity index (χ2v) is 5.77. The molecule has 25 heavy (non-hydrogen) atoms. The molecule has 0 aliphatic heterocycles. The number of nitrogens with one attached hydrogen (secondary N) is 1. The third-order valence-corrected chi connectivity index (χ3v) is 4.38. The Hall–Kier alpha value is -1.80. The highest BCUT2D eigenvalue weighted by molar-refractivity contribution is 5.86. The molecule has 2 aromatic rings. The zero-order valence-corrected chi connectivity index (χ0v) is 17.2. The summed E-state index contributed by atoms with van der Waals surface area (Å²) in [5.41, 5.74) is 1.77. The Kier molecular flexibility index (Phi) is 8.18. The van der Waals surface area contributed by atoms with Crippen molar-refractivity contribution >= 4 is 17.5 Å². The minimum atomic E-state index is -0.514. The van der Waals surface area contributed by atoms with E-state index in [-0.39, 0.29) is 24.0 Å². The summed E-state index contributed by atoms with van der Waals surface area (Å²) in [6, 6.07) is 14.8. The van der Waals surface area contributed by atoms with Crippen LogP contribution >= 0.6 is 0 Å². The van der Waals surface area contributed by atoms with Gasteiger partial charge in [-0.3, -0.25) is 9.80 Å². The largest absolute Gasteiger partial charge is 1.00 e. The Labute approximate surface area is 166 Å². The zero-order valence-electron chi connectivity index (χ0n) is 15.1. The normalized spacial score (nSPS) is 10.6.